The number of hydrogen-bond donors (Lipinski definition) is 1. The molecule has 0 bridgehead atoms. The highest BCUT2D eigenvalue weighted by molar-refractivity contribution is 7.95. The molecule has 5 aliphatic carbocycles. The minimum atomic E-state index is -2.07. The van der Waals surface area contributed by atoms with Crippen molar-refractivity contribution >= 4 is 47.1 Å². The Kier molecular flexibility index (Phi) is 25.3. The van der Waals surface area contributed by atoms with Gasteiger partial charge in [-0.25, -0.2) is 0 Å². The molecule has 5 saturated carbocycles. The van der Waals surface area contributed by atoms with Gasteiger partial charge in [-0.15, -0.1) is 0 Å². The van der Waals surface area contributed by atoms with Crippen LogP contribution in [-0.2, 0) is 38.1 Å². The number of ether oxygens (including phenoxy) is 4. The molecule has 3 aromatic carbocycles. The number of allylic oxidation sites excluding steroid dienone is 3. The molecule has 9 nitrogen and oxygen atoms in total. The minimum absolute atomic E-state index is 0.0905. The molecular weight excluding hydrogens is 1110 g/mol. The first-order chi connectivity index (χ1) is 42.3. The molecule has 1 unspecified atom stereocenters. The van der Waals surface area contributed by atoms with Crippen molar-refractivity contribution in [3.8, 4) is 0 Å². The maximum atomic E-state index is 13.8. The molecule has 0 saturated heterocycles. The largest absolute Gasteiger partial charge is 0.465 e. The Balaban J connectivity index is 0.842. The lowest BCUT2D eigenvalue weighted by Gasteiger charge is -2.73. The summed E-state index contributed by atoms with van der Waals surface area (Å²) in [5.74, 6) is 0.494. The van der Waals surface area contributed by atoms with E-state index in [-0.39, 0.29) is 78.0 Å². The third-order valence-electron chi connectivity index (χ3n) is 23.8. The van der Waals surface area contributed by atoms with Crippen molar-refractivity contribution in [3.63, 3.8) is 0 Å². The summed E-state index contributed by atoms with van der Waals surface area (Å²) in [4.78, 5) is 54.2. The number of esters is 4. The number of carbonyl (C=O) groups is 4. The van der Waals surface area contributed by atoms with E-state index in [4.69, 9.17) is 18.9 Å². The van der Waals surface area contributed by atoms with Gasteiger partial charge in [-0.05, 0) is 204 Å². The number of carbonyl (C=O) groups excluding carboxylic acids is 4. The zero-order valence-electron chi connectivity index (χ0n) is 55.6. The van der Waals surface area contributed by atoms with E-state index in [1.807, 2.05) is 0 Å². The average Bonchev–Trinajstić information content (AvgIpc) is 1.08. The van der Waals surface area contributed by atoms with E-state index >= 15 is 0 Å². The van der Waals surface area contributed by atoms with Gasteiger partial charge in [0.25, 0.3) is 0 Å². The average molecular weight is 1230 g/mol. The molecule has 0 amide bonds. The number of aliphatic hydroxyl groups is 1. The van der Waals surface area contributed by atoms with Crippen LogP contribution in [0.15, 0.2) is 115 Å². The van der Waals surface area contributed by atoms with Crippen LogP contribution < -0.4 is 15.9 Å². The number of aliphatic hydroxyl groups excluding tert-OH is 1. The molecule has 0 aliphatic heterocycles. The number of fused-ring (bicyclic) bond motifs is 7. The number of benzene rings is 3. The van der Waals surface area contributed by atoms with Gasteiger partial charge in [0, 0.05) is 18.3 Å². The van der Waals surface area contributed by atoms with Crippen molar-refractivity contribution in [1.82, 2.24) is 0 Å². The maximum Gasteiger partial charge on any atom is 0.306 e. The van der Waals surface area contributed by atoms with E-state index in [1.165, 1.54) is 85.7 Å². The Labute approximate surface area is 532 Å². The summed E-state index contributed by atoms with van der Waals surface area (Å²) in [6, 6.07) is 32.2. The van der Waals surface area contributed by atoms with Gasteiger partial charge in [0.15, 0.2) is 6.10 Å². The van der Waals surface area contributed by atoms with E-state index in [0.717, 1.165) is 89.6 Å². The van der Waals surface area contributed by atoms with Crippen molar-refractivity contribution in [2.75, 3.05) is 26.0 Å². The van der Waals surface area contributed by atoms with Crippen molar-refractivity contribution in [1.29, 1.82) is 0 Å². The predicted octanol–water partition coefficient (Wildman–Crippen LogP) is 17.5. The van der Waals surface area contributed by atoms with Crippen LogP contribution in [0.1, 0.15) is 235 Å². The van der Waals surface area contributed by atoms with Crippen LogP contribution in [0.5, 0.6) is 0 Å². The van der Waals surface area contributed by atoms with E-state index in [0.29, 0.717) is 49.0 Å². The summed E-state index contributed by atoms with van der Waals surface area (Å²) < 4.78 is 23.7. The van der Waals surface area contributed by atoms with Crippen LogP contribution in [0.2, 0.25) is 0 Å². The Bertz CT molecular complexity index is 2630. The Morgan fingerprint density at radius 2 is 1.08 bits per heavy atom. The summed E-state index contributed by atoms with van der Waals surface area (Å²) in [7, 11) is -2.07. The van der Waals surface area contributed by atoms with Gasteiger partial charge in [-0.2, -0.15) is 0 Å². The Morgan fingerprint density at radius 1 is 0.557 bits per heavy atom. The molecule has 0 radical (unpaired) electrons. The molecule has 0 heterocycles. The van der Waals surface area contributed by atoms with Crippen LogP contribution in [0.4, 0.5) is 0 Å². The number of unbranched alkanes of at least 4 members (excludes halogenated alkanes) is 12. The number of hydrogen-bond acceptors (Lipinski definition) is 9. The van der Waals surface area contributed by atoms with Gasteiger partial charge in [-0.1, -0.05) is 172 Å². The zero-order valence-corrected chi connectivity index (χ0v) is 56.5. The van der Waals surface area contributed by atoms with Crippen molar-refractivity contribution in [2.45, 2.75) is 247 Å². The topological polar surface area (TPSA) is 125 Å². The van der Waals surface area contributed by atoms with Gasteiger partial charge < -0.3 is 24.1 Å². The Morgan fingerprint density at radius 3 is 1.65 bits per heavy atom. The molecule has 0 spiro atoms. The lowest BCUT2D eigenvalue weighted by Crippen LogP contribution is -2.66. The maximum absolute atomic E-state index is 13.8. The van der Waals surface area contributed by atoms with Crippen LogP contribution in [0, 0.1) is 56.7 Å². The minimum Gasteiger partial charge on any atom is -0.465 e. The molecule has 484 valence electrons. The van der Waals surface area contributed by atoms with E-state index in [9.17, 15) is 24.3 Å². The van der Waals surface area contributed by atoms with Crippen molar-refractivity contribution in [3.05, 3.63) is 115 Å². The van der Waals surface area contributed by atoms with E-state index in [1.54, 1.807) is 0 Å². The smallest absolute Gasteiger partial charge is 0.306 e. The van der Waals surface area contributed by atoms with Gasteiger partial charge >= 0.3 is 23.9 Å². The van der Waals surface area contributed by atoms with Crippen molar-refractivity contribution in [2.24, 2.45) is 56.7 Å². The molecular formula is C78H114O9P+. The fraction of sp³-hybridized carbons (Fsp3) is 0.667. The SMILES string of the molecule is C=C(C)[C@@H]1CC[C@]2(COC(=O)CCC(=O)OC(COC(=O)CCCCCCC/C=C\CCCCCCCC)COC(=O)CCCC[P+](c3ccccc3)(c3ccccc3)c3ccccc3)CC[C@]3(C)[C@H](CC[C@@H]4[C@@]5(C)CC[C@H](O)C(C)(C)[C@@H]5CC[C@]43C)[C@@H]12. The quantitative estimate of drug-likeness (QED) is 0.0205. The summed E-state index contributed by atoms with van der Waals surface area (Å²) in [5.41, 5.74) is 1.50. The molecule has 10 heteroatoms. The molecule has 5 fully saturated rings. The first-order valence-corrected chi connectivity index (χ1v) is 37.0. The molecule has 88 heavy (non-hydrogen) atoms. The van der Waals surface area contributed by atoms with Gasteiger partial charge in [-0.3, -0.25) is 19.2 Å². The summed E-state index contributed by atoms with van der Waals surface area (Å²) >= 11 is 0. The van der Waals surface area contributed by atoms with Gasteiger partial charge in [0.2, 0.25) is 0 Å². The van der Waals surface area contributed by atoms with Crippen LogP contribution in [0.25, 0.3) is 0 Å². The molecule has 8 rings (SSSR count). The highest BCUT2D eigenvalue weighted by atomic mass is 31.2. The summed E-state index contributed by atoms with van der Waals surface area (Å²) in [6.07, 6.45) is 31.7. The fourth-order valence-electron chi connectivity index (χ4n) is 18.7. The van der Waals surface area contributed by atoms with Crippen LogP contribution in [-0.4, -0.2) is 67.2 Å². The van der Waals surface area contributed by atoms with Crippen LogP contribution >= 0.6 is 7.26 Å². The monoisotopic (exact) mass is 1230 g/mol. The first kappa shape index (κ1) is 69.3. The second-order valence-electron chi connectivity index (χ2n) is 29.4. The summed E-state index contributed by atoms with van der Waals surface area (Å²) in [5, 5.41) is 15.1. The number of rotatable bonds is 34. The van der Waals surface area contributed by atoms with Gasteiger partial charge in [0.05, 0.1) is 31.7 Å². The molecule has 5 aliphatic rings. The third-order valence-corrected chi connectivity index (χ3v) is 28.3. The third kappa shape index (κ3) is 16.2. The molecule has 1 N–H and O–H groups in total. The van der Waals surface area contributed by atoms with Gasteiger partial charge in [0.1, 0.15) is 36.4 Å². The zero-order chi connectivity index (χ0) is 62.8. The predicted molar refractivity (Wildman–Crippen MR) is 360 cm³/mol. The second-order valence-corrected chi connectivity index (χ2v) is 33.0. The Hall–Kier alpha value is -4.59. The highest BCUT2D eigenvalue weighted by Crippen LogP contribution is 2.77. The highest BCUT2D eigenvalue weighted by Gasteiger charge is 2.71. The van der Waals surface area contributed by atoms with E-state index < -0.39 is 31.3 Å². The molecule has 0 aromatic heterocycles. The normalized spacial score (nSPS) is 28.3. The standard InChI is InChI=1S/C78H114O9P/c1-9-10-11-12-13-14-15-16-17-18-19-20-21-22-32-41-69(80)84-56-60(57-85-70(81)42-33-34-55-88(61-35-26-23-27-36-61,62-37-28-24-29-38-62)63-39-30-25-31-40-63)87-72(83)46-45-71(82)86-58-78-52-47-64(59(2)3)73(78)65-43-44-67-75(6)50-49-68(79)74(4,5)66(75)48-51-77(67,8)76(65,7)53-54-78/h16-17,23-31,35-40,60,64-68,73,79H,2,9-15,18-22,32-34,41-58H2,1,3-8H3/q+1/b17-16-/t60?,64-,65+,66-,67+,68-,73+,75-,76+,77+,78+/m0/s1. The summed E-state index contributed by atoms with van der Waals surface area (Å²) in [6.45, 7) is 21.3. The molecule has 3 aromatic rings. The van der Waals surface area contributed by atoms with Crippen LogP contribution in [0.3, 0.4) is 0 Å². The fourth-order valence-corrected chi connectivity index (χ4v) is 23.2. The second kappa shape index (κ2) is 32.1. The lowest BCUT2D eigenvalue weighted by molar-refractivity contribution is -0.250. The van der Waals surface area contributed by atoms with Crippen molar-refractivity contribution < 1.29 is 43.2 Å². The lowest BCUT2D eigenvalue weighted by atomic mass is 9.32. The first-order valence-electron chi connectivity index (χ1n) is 35.0. The van der Waals surface area contributed by atoms with E-state index in [2.05, 4.69) is 158 Å². The molecule has 11 atom stereocenters.